The van der Waals surface area contributed by atoms with Crippen LogP contribution >= 0.6 is 12.4 Å². The van der Waals surface area contributed by atoms with E-state index < -0.39 is 0 Å². The molecule has 118 valence electrons. The molecular formula is C16H31ClN2O. The van der Waals surface area contributed by atoms with Gasteiger partial charge in [0.2, 0.25) is 5.91 Å². The smallest absolute Gasteiger partial charge is 0.223 e. The van der Waals surface area contributed by atoms with Crippen LogP contribution in [0.5, 0.6) is 0 Å². The van der Waals surface area contributed by atoms with Crippen LogP contribution in [-0.4, -0.2) is 29.4 Å². The van der Waals surface area contributed by atoms with Gasteiger partial charge in [-0.2, -0.15) is 0 Å². The highest BCUT2D eigenvalue weighted by Gasteiger charge is 2.31. The van der Waals surface area contributed by atoms with E-state index in [4.69, 9.17) is 5.73 Å². The molecule has 0 aromatic heterocycles. The Labute approximate surface area is 130 Å². The maximum Gasteiger partial charge on any atom is 0.223 e. The Morgan fingerprint density at radius 1 is 1.20 bits per heavy atom. The van der Waals surface area contributed by atoms with Crippen LogP contribution < -0.4 is 5.73 Å². The number of hydrogen-bond acceptors (Lipinski definition) is 2. The van der Waals surface area contributed by atoms with Gasteiger partial charge in [0.1, 0.15) is 0 Å². The van der Waals surface area contributed by atoms with Crippen LogP contribution in [0, 0.1) is 11.8 Å². The zero-order valence-electron chi connectivity index (χ0n) is 13.0. The lowest BCUT2D eigenvalue weighted by Gasteiger charge is -2.37. The lowest BCUT2D eigenvalue weighted by molar-refractivity contribution is -0.136. The van der Waals surface area contributed by atoms with E-state index in [1.165, 1.54) is 25.7 Å². The summed E-state index contributed by atoms with van der Waals surface area (Å²) in [5, 5.41) is 0. The Bertz CT molecular complexity index is 309. The molecule has 0 bridgehead atoms. The summed E-state index contributed by atoms with van der Waals surface area (Å²) < 4.78 is 0. The van der Waals surface area contributed by atoms with Crippen LogP contribution in [0.4, 0.5) is 0 Å². The van der Waals surface area contributed by atoms with E-state index in [1.807, 2.05) is 0 Å². The molecule has 1 heterocycles. The summed E-state index contributed by atoms with van der Waals surface area (Å²) in [4.78, 5) is 14.7. The molecule has 1 saturated carbocycles. The first-order chi connectivity index (χ1) is 9.08. The van der Waals surface area contributed by atoms with Crippen LogP contribution in [0.15, 0.2) is 0 Å². The lowest BCUT2D eigenvalue weighted by atomic mass is 9.92. The number of piperidine rings is 1. The molecule has 1 amide bonds. The average molecular weight is 303 g/mol. The highest BCUT2D eigenvalue weighted by molar-refractivity contribution is 5.85. The molecule has 4 heteroatoms. The number of rotatable bonds is 4. The van der Waals surface area contributed by atoms with Gasteiger partial charge in [0.05, 0.1) is 0 Å². The molecule has 0 radical (unpaired) electrons. The predicted molar refractivity (Wildman–Crippen MR) is 86.0 cm³/mol. The van der Waals surface area contributed by atoms with Gasteiger partial charge in [-0.25, -0.2) is 0 Å². The second kappa shape index (κ2) is 8.23. The van der Waals surface area contributed by atoms with Crippen molar-refractivity contribution in [2.24, 2.45) is 17.6 Å². The molecule has 1 saturated heterocycles. The standard InChI is InChI=1S/C16H30N2O.ClH/c1-12(2)10-14-7-3-4-9-18(14)16(19)11-13-6-5-8-15(13)17;/h12-15H,3-11,17H2,1-2H3;1H/t13-,14?,15+;/m0./s1. The van der Waals surface area contributed by atoms with Crippen molar-refractivity contribution in [3.05, 3.63) is 0 Å². The second-order valence-corrected chi connectivity index (χ2v) is 6.93. The normalized spacial score (nSPS) is 30.4. The summed E-state index contributed by atoms with van der Waals surface area (Å²) in [6.45, 7) is 5.48. The molecule has 2 rings (SSSR count). The number of halogens is 1. The Hall–Kier alpha value is -0.280. The highest BCUT2D eigenvalue weighted by atomic mass is 35.5. The molecule has 2 fully saturated rings. The summed E-state index contributed by atoms with van der Waals surface area (Å²) in [7, 11) is 0. The van der Waals surface area contributed by atoms with Gasteiger partial charge in [-0.05, 0) is 50.4 Å². The minimum atomic E-state index is 0. The largest absolute Gasteiger partial charge is 0.340 e. The van der Waals surface area contributed by atoms with Crippen molar-refractivity contribution < 1.29 is 4.79 Å². The van der Waals surface area contributed by atoms with Gasteiger partial charge in [0.15, 0.2) is 0 Å². The molecule has 2 N–H and O–H groups in total. The van der Waals surface area contributed by atoms with E-state index in [0.29, 0.717) is 30.2 Å². The van der Waals surface area contributed by atoms with Crippen molar-refractivity contribution in [1.82, 2.24) is 4.90 Å². The molecule has 0 spiro atoms. The first-order valence-corrected chi connectivity index (χ1v) is 8.13. The number of hydrogen-bond donors (Lipinski definition) is 1. The lowest BCUT2D eigenvalue weighted by Crippen LogP contribution is -2.45. The van der Waals surface area contributed by atoms with Crippen LogP contribution in [0.3, 0.4) is 0 Å². The first kappa shape index (κ1) is 17.8. The highest BCUT2D eigenvalue weighted by Crippen LogP contribution is 2.30. The van der Waals surface area contributed by atoms with E-state index in [1.54, 1.807) is 0 Å². The van der Waals surface area contributed by atoms with Crippen molar-refractivity contribution in [2.45, 2.75) is 77.3 Å². The molecule has 0 aromatic carbocycles. The van der Waals surface area contributed by atoms with Crippen LogP contribution in [0.2, 0.25) is 0 Å². The molecule has 1 aliphatic carbocycles. The Kier molecular flexibility index (Phi) is 7.32. The van der Waals surface area contributed by atoms with E-state index in [9.17, 15) is 4.79 Å². The van der Waals surface area contributed by atoms with Crippen LogP contribution in [0.25, 0.3) is 0 Å². The fraction of sp³-hybridized carbons (Fsp3) is 0.938. The van der Waals surface area contributed by atoms with E-state index in [0.717, 1.165) is 25.8 Å². The Balaban J connectivity index is 0.00000200. The maximum absolute atomic E-state index is 12.6. The van der Waals surface area contributed by atoms with Crippen LogP contribution in [-0.2, 0) is 4.79 Å². The molecule has 1 aliphatic heterocycles. The van der Waals surface area contributed by atoms with Crippen molar-refractivity contribution in [1.29, 1.82) is 0 Å². The number of carbonyl (C=O) groups is 1. The molecular weight excluding hydrogens is 272 g/mol. The Morgan fingerprint density at radius 3 is 2.55 bits per heavy atom. The van der Waals surface area contributed by atoms with E-state index in [2.05, 4.69) is 18.7 Å². The number of carbonyl (C=O) groups excluding carboxylic acids is 1. The molecule has 20 heavy (non-hydrogen) atoms. The Morgan fingerprint density at radius 2 is 1.95 bits per heavy atom. The van der Waals surface area contributed by atoms with E-state index >= 15 is 0 Å². The number of amides is 1. The fourth-order valence-corrected chi connectivity index (χ4v) is 3.78. The van der Waals surface area contributed by atoms with Gasteiger partial charge >= 0.3 is 0 Å². The average Bonchev–Trinajstić information content (AvgIpc) is 2.75. The zero-order chi connectivity index (χ0) is 13.8. The third kappa shape index (κ3) is 4.63. The van der Waals surface area contributed by atoms with Crippen molar-refractivity contribution in [2.75, 3.05) is 6.54 Å². The number of nitrogens with zero attached hydrogens (tertiary/aromatic N) is 1. The first-order valence-electron chi connectivity index (χ1n) is 8.13. The monoisotopic (exact) mass is 302 g/mol. The third-order valence-electron chi connectivity index (χ3n) is 4.85. The predicted octanol–water partition coefficient (Wildman–Crippen LogP) is 3.35. The van der Waals surface area contributed by atoms with Gasteiger partial charge in [0.25, 0.3) is 0 Å². The van der Waals surface area contributed by atoms with Crippen molar-refractivity contribution in [3.8, 4) is 0 Å². The maximum atomic E-state index is 12.6. The van der Waals surface area contributed by atoms with Gasteiger partial charge in [-0.3, -0.25) is 4.79 Å². The van der Waals surface area contributed by atoms with E-state index in [-0.39, 0.29) is 18.4 Å². The van der Waals surface area contributed by atoms with Gasteiger partial charge in [0, 0.05) is 25.0 Å². The number of nitrogens with two attached hydrogens (primary N) is 1. The second-order valence-electron chi connectivity index (χ2n) is 6.93. The summed E-state index contributed by atoms with van der Waals surface area (Å²) in [5.74, 6) is 1.48. The van der Waals surface area contributed by atoms with Crippen molar-refractivity contribution >= 4 is 18.3 Å². The fourth-order valence-electron chi connectivity index (χ4n) is 3.78. The van der Waals surface area contributed by atoms with Crippen molar-refractivity contribution in [3.63, 3.8) is 0 Å². The molecule has 0 aromatic rings. The molecule has 3 nitrogen and oxygen atoms in total. The minimum Gasteiger partial charge on any atom is -0.340 e. The van der Waals surface area contributed by atoms with Crippen LogP contribution in [0.1, 0.15) is 65.2 Å². The summed E-state index contributed by atoms with van der Waals surface area (Å²) >= 11 is 0. The SMILES string of the molecule is CC(C)CC1CCCCN1C(=O)C[C@@H]1CCC[C@H]1N.Cl. The van der Waals surface area contributed by atoms with Gasteiger partial charge in [-0.15, -0.1) is 12.4 Å². The summed E-state index contributed by atoms with van der Waals surface area (Å²) in [6, 6.07) is 0.746. The third-order valence-corrected chi connectivity index (χ3v) is 4.85. The summed E-state index contributed by atoms with van der Waals surface area (Å²) in [6.07, 6.45) is 8.96. The van der Waals surface area contributed by atoms with Gasteiger partial charge < -0.3 is 10.6 Å². The summed E-state index contributed by atoms with van der Waals surface area (Å²) in [5.41, 5.74) is 6.10. The minimum absolute atomic E-state index is 0. The quantitative estimate of drug-likeness (QED) is 0.865. The zero-order valence-corrected chi connectivity index (χ0v) is 13.8. The molecule has 2 aliphatic rings. The molecule has 3 atom stereocenters. The number of likely N-dealkylation sites (tertiary alicyclic amines) is 1. The molecule has 1 unspecified atom stereocenters. The van der Waals surface area contributed by atoms with Gasteiger partial charge in [-0.1, -0.05) is 20.3 Å². The topological polar surface area (TPSA) is 46.3 Å².